The average molecular weight is 522 g/mol. The first-order valence-corrected chi connectivity index (χ1v) is 12.9. The van der Waals surface area contributed by atoms with Crippen molar-refractivity contribution < 1.29 is 18.4 Å². The van der Waals surface area contributed by atoms with Crippen molar-refractivity contribution in [2.75, 3.05) is 19.6 Å². The lowest BCUT2D eigenvalue weighted by Crippen LogP contribution is -2.55. The van der Waals surface area contributed by atoms with Crippen LogP contribution in [0.15, 0.2) is 60.1 Å². The van der Waals surface area contributed by atoms with Gasteiger partial charge in [0.05, 0.1) is 23.1 Å². The highest BCUT2D eigenvalue weighted by molar-refractivity contribution is 7.12. The minimum Gasteiger partial charge on any atom is -0.335 e. The largest absolute Gasteiger partial charge is 0.335 e. The second-order valence-electron chi connectivity index (χ2n) is 8.90. The molecule has 2 aromatic carbocycles. The van der Waals surface area contributed by atoms with Crippen LogP contribution in [0.4, 0.5) is 8.78 Å². The van der Waals surface area contributed by atoms with Crippen molar-refractivity contribution in [3.8, 4) is 16.4 Å². The molecule has 1 aliphatic rings. The monoisotopic (exact) mass is 521 g/mol. The van der Waals surface area contributed by atoms with Gasteiger partial charge in [-0.1, -0.05) is 6.92 Å². The number of hydrogen-bond acceptors (Lipinski definition) is 5. The SMILES string of the molecule is CCc1c(C(=O)N2CCN(C(=O)c3ccc(F)cc3)[C@H](C)C2)cnn1-c1nc(-c2ccc(F)cc2)cs1. The van der Waals surface area contributed by atoms with E-state index in [1.54, 1.807) is 32.8 Å². The lowest BCUT2D eigenvalue weighted by atomic mass is 10.1. The molecule has 3 heterocycles. The zero-order chi connectivity index (χ0) is 26.1. The molecule has 190 valence electrons. The number of piperazine rings is 1. The fourth-order valence-electron chi connectivity index (χ4n) is 4.54. The number of rotatable bonds is 5. The van der Waals surface area contributed by atoms with Gasteiger partial charge in [-0.15, -0.1) is 11.3 Å². The number of halogens is 2. The fraction of sp³-hybridized carbons (Fsp3) is 0.259. The van der Waals surface area contributed by atoms with E-state index in [1.807, 2.05) is 19.2 Å². The number of amides is 2. The molecule has 5 rings (SSSR count). The lowest BCUT2D eigenvalue weighted by Gasteiger charge is -2.40. The van der Waals surface area contributed by atoms with Crippen LogP contribution in [0, 0.1) is 11.6 Å². The number of hydrogen-bond donors (Lipinski definition) is 0. The highest BCUT2D eigenvalue weighted by atomic mass is 32.1. The van der Waals surface area contributed by atoms with Gasteiger partial charge in [0, 0.05) is 42.2 Å². The van der Waals surface area contributed by atoms with Gasteiger partial charge in [-0.05, 0) is 61.9 Å². The Morgan fingerprint density at radius 2 is 1.68 bits per heavy atom. The first-order chi connectivity index (χ1) is 17.9. The van der Waals surface area contributed by atoms with E-state index in [-0.39, 0.29) is 23.7 Å². The van der Waals surface area contributed by atoms with Crippen molar-refractivity contribution in [1.29, 1.82) is 0 Å². The fourth-order valence-corrected chi connectivity index (χ4v) is 5.36. The van der Waals surface area contributed by atoms with Crippen LogP contribution < -0.4 is 0 Å². The van der Waals surface area contributed by atoms with Gasteiger partial charge in [-0.3, -0.25) is 9.59 Å². The molecular formula is C27H25F2N5O2S. The summed E-state index contributed by atoms with van der Waals surface area (Å²) in [6, 6.07) is 11.4. The average Bonchev–Trinajstić information content (AvgIpc) is 3.56. The second-order valence-corrected chi connectivity index (χ2v) is 9.73. The van der Waals surface area contributed by atoms with Crippen molar-refractivity contribution in [1.82, 2.24) is 24.6 Å². The maximum atomic E-state index is 13.5. The molecule has 4 aromatic rings. The number of thiazole rings is 1. The molecule has 1 saturated heterocycles. The van der Waals surface area contributed by atoms with E-state index in [0.717, 1.165) is 11.3 Å². The molecule has 0 N–H and O–H groups in total. The molecule has 2 aromatic heterocycles. The number of carbonyl (C=O) groups is 2. The molecule has 0 unspecified atom stereocenters. The van der Waals surface area contributed by atoms with Gasteiger partial charge >= 0.3 is 0 Å². The van der Waals surface area contributed by atoms with Crippen LogP contribution in [0.2, 0.25) is 0 Å². The highest BCUT2D eigenvalue weighted by Gasteiger charge is 2.32. The summed E-state index contributed by atoms with van der Waals surface area (Å²) in [5.74, 6) is -1.02. The maximum Gasteiger partial charge on any atom is 0.257 e. The van der Waals surface area contributed by atoms with Gasteiger partial charge < -0.3 is 9.80 Å². The molecule has 0 saturated carbocycles. The molecule has 0 bridgehead atoms. The Hall–Kier alpha value is -3.92. The smallest absolute Gasteiger partial charge is 0.257 e. The van der Waals surface area contributed by atoms with E-state index in [0.29, 0.717) is 48.0 Å². The molecule has 10 heteroatoms. The number of nitrogens with zero attached hydrogens (tertiary/aromatic N) is 5. The molecule has 0 aliphatic carbocycles. The Bertz CT molecular complexity index is 1430. The van der Waals surface area contributed by atoms with Crippen molar-refractivity contribution in [2.24, 2.45) is 0 Å². The lowest BCUT2D eigenvalue weighted by molar-refractivity contribution is 0.0414. The van der Waals surface area contributed by atoms with Gasteiger partial charge in [0.25, 0.3) is 11.8 Å². The first-order valence-electron chi connectivity index (χ1n) is 12.0. The second kappa shape index (κ2) is 10.2. The van der Waals surface area contributed by atoms with Crippen LogP contribution >= 0.6 is 11.3 Å². The molecule has 1 aliphatic heterocycles. The third-order valence-electron chi connectivity index (χ3n) is 6.51. The number of carbonyl (C=O) groups excluding carboxylic acids is 2. The quantitative estimate of drug-likeness (QED) is 0.378. The zero-order valence-corrected chi connectivity index (χ0v) is 21.2. The summed E-state index contributed by atoms with van der Waals surface area (Å²) >= 11 is 1.40. The van der Waals surface area contributed by atoms with Gasteiger partial charge in [0.1, 0.15) is 11.6 Å². The van der Waals surface area contributed by atoms with Crippen molar-refractivity contribution in [3.05, 3.63) is 88.6 Å². The van der Waals surface area contributed by atoms with Crippen LogP contribution in [0.5, 0.6) is 0 Å². The van der Waals surface area contributed by atoms with Crippen LogP contribution in [-0.4, -0.2) is 62.1 Å². The Labute approximate surface area is 217 Å². The van der Waals surface area contributed by atoms with E-state index in [9.17, 15) is 18.4 Å². The molecule has 2 amide bonds. The summed E-state index contributed by atoms with van der Waals surface area (Å²) < 4.78 is 28.2. The Morgan fingerprint density at radius 3 is 2.32 bits per heavy atom. The van der Waals surface area contributed by atoms with E-state index in [1.165, 1.54) is 47.7 Å². The van der Waals surface area contributed by atoms with Gasteiger partial charge in [-0.25, -0.2) is 18.4 Å². The van der Waals surface area contributed by atoms with E-state index < -0.39 is 5.82 Å². The van der Waals surface area contributed by atoms with E-state index >= 15 is 0 Å². The molecule has 37 heavy (non-hydrogen) atoms. The minimum absolute atomic E-state index is 0.140. The molecule has 0 spiro atoms. The normalized spacial score (nSPS) is 15.7. The number of aromatic nitrogens is 3. The maximum absolute atomic E-state index is 13.5. The Balaban J connectivity index is 1.32. The van der Waals surface area contributed by atoms with Crippen LogP contribution in [-0.2, 0) is 6.42 Å². The molecular weight excluding hydrogens is 496 g/mol. The number of benzene rings is 2. The first kappa shape index (κ1) is 24.8. The summed E-state index contributed by atoms with van der Waals surface area (Å²) in [7, 11) is 0. The van der Waals surface area contributed by atoms with Crippen LogP contribution in [0.3, 0.4) is 0 Å². The third kappa shape index (κ3) is 4.89. The van der Waals surface area contributed by atoms with E-state index in [2.05, 4.69) is 10.1 Å². The van der Waals surface area contributed by atoms with Gasteiger partial charge in [-0.2, -0.15) is 5.10 Å². The zero-order valence-electron chi connectivity index (χ0n) is 20.4. The summed E-state index contributed by atoms with van der Waals surface area (Å²) in [6.45, 7) is 5.01. The van der Waals surface area contributed by atoms with Crippen molar-refractivity contribution in [2.45, 2.75) is 26.3 Å². The summed E-state index contributed by atoms with van der Waals surface area (Å²) in [5, 5.41) is 6.97. The summed E-state index contributed by atoms with van der Waals surface area (Å²) in [5.41, 5.74) is 3.19. The minimum atomic E-state index is -0.392. The van der Waals surface area contributed by atoms with Gasteiger partial charge in [0.15, 0.2) is 0 Å². The third-order valence-corrected chi connectivity index (χ3v) is 7.33. The van der Waals surface area contributed by atoms with Crippen LogP contribution in [0.25, 0.3) is 16.4 Å². The summed E-state index contributed by atoms with van der Waals surface area (Å²) in [6.07, 6.45) is 2.14. The van der Waals surface area contributed by atoms with Crippen molar-refractivity contribution in [3.63, 3.8) is 0 Å². The Morgan fingerprint density at radius 1 is 1.00 bits per heavy atom. The van der Waals surface area contributed by atoms with Crippen LogP contribution in [0.1, 0.15) is 40.3 Å². The standard InChI is InChI=1S/C27H25F2N5O2S/c1-3-24-22(14-30-34(24)27-31-23(16-37-27)18-4-8-20(28)9-5-18)26(36)32-12-13-33(17(2)15-32)25(35)19-6-10-21(29)11-7-19/h4-11,14,16-17H,3,12-13,15H2,1-2H3/t17-/m1/s1. The molecule has 7 nitrogen and oxygen atoms in total. The predicted molar refractivity (Wildman–Crippen MR) is 137 cm³/mol. The highest BCUT2D eigenvalue weighted by Crippen LogP contribution is 2.27. The summed E-state index contributed by atoms with van der Waals surface area (Å²) in [4.78, 5) is 34.5. The molecule has 1 atom stereocenters. The van der Waals surface area contributed by atoms with Crippen molar-refractivity contribution >= 4 is 23.2 Å². The topological polar surface area (TPSA) is 71.3 Å². The predicted octanol–water partition coefficient (Wildman–Crippen LogP) is 4.82. The van der Waals surface area contributed by atoms with Gasteiger partial charge in [0.2, 0.25) is 5.13 Å². The Kier molecular flexibility index (Phi) is 6.84. The molecule has 0 radical (unpaired) electrons. The van der Waals surface area contributed by atoms with E-state index in [4.69, 9.17) is 0 Å². The molecule has 1 fully saturated rings.